The van der Waals surface area contributed by atoms with Gasteiger partial charge in [-0.25, -0.2) is 18.1 Å². The Kier molecular flexibility index (Phi) is 7.97. The lowest BCUT2D eigenvalue weighted by molar-refractivity contribution is 0.583. The fourth-order valence-corrected chi connectivity index (χ4v) is 6.00. The van der Waals surface area contributed by atoms with Gasteiger partial charge in [-0.05, 0) is 41.3 Å². The van der Waals surface area contributed by atoms with Gasteiger partial charge in [0.1, 0.15) is 5.82 Å². The molecule has 9 heteroatoms. The van der Waals surface area contributed by atoms with Crippen LogP contribution in [0.3, 0.4) is 0 Å². The molecule has 0 radical (unpaired) electrons. The standard InChI is InChI=1S/C34H30ClN5O2S/c1-24(26-14-8-4-9-15-26)40(31(27-16-10-5-11-17-27)28-18-20-29(35)21-19-28)33-30-22-36-39(23-25-12-6-3-7-13-25)32(30)37-34(38-33)43(2,41)42/h3-22,24,31H,23H2,1-2H3. The maximum atomic E-state index is 13.0. The van der Waals surface area contributed by atoms with E-state index in [-0.39, 0.29) is 17.2 Å². The van der Waals surface area contributed by atoms with E-state index in [2.05, 4.69) is 46.2 Å². The van der Waals surface area contributed by atoms with Crippen LogP contribution in [-0.2, 0) is 16.4 Å². The number of benzene rings is 4. The number of nitrogens with zero attached hydrogens (tertiary/aromatic N) is 5. The fraction of sp³-hybridized carbons (Fsp3) is 0.147. The van der Waals surface area contributed by atoms with Crippen molar-refractivity contribution in [2.24, 2.45) is 0 Å². The van der Waals surface area contributed by atoms with Crippen molar-refractivity contribution in [1.82, 2.24) is 19.7 Å². The van der Waals surface area contributed by atoms with E-state index in [0.29, 0.717) is 28.4 Å². The summed E-state index contributed by atoms with van der Waals surface area (Å²) >= 11 is 6.32. The highest BCUT2D eigenvalue weighted by molar-refractivity contribution is 7.90. The number of fused-ring (bicyclic) bond motifs is 1. The van der Waals surface area contributed by atoms with Crippen LogP contribution in [0.5, 0.6) is 0 Å². The zero-order valence-corrected chi connectivity index (χ0v) is 25.3. The van der Waals surface area contributed by atoms with E-state index in [1.165, 1.54) is 0 Å². The van der Waals surface area contributed by atoms with Crippen molar-refractivity contribution in [3.8, 4) is 0 Å². The second-order valence-electron chi connectivity index (χ2n) is 10.5. The molecule has 0 aliphatic carbocycles. The summed E-state index contributed by atoms with van der Waals surface area (Å²) < 4.78 is 27.8. The molecule has 0 fully saturated rings. The Bertz CT molecular complexity index is 1950. The molecule has 7 nitrogen and oxygen atoms in total. The number of rotatable bonds is 9. The van der Waals surface area contributed by atoms with Crippen LogP contribution in [-0.4, -0.2) is 34.4 Å². The lowest BCUT2D eigenvalue weighted by atomic mass is 9.94. The molecule has 6 rings (SSSR count). The number of sulfone groups is 1. The second-order valence-corrected chi connectivity index (χ2v) is 12.8. The van der Waals surface area contributed by atoms with Crippen LogP contribution < -0.4 is 4.90 Å². The van der Waals surface area contributed by atoms with Gasteiger partial charge in [0, 0.05) is 11.3 Å². The van der Waals surface area contributed by atoms with Gasteiger partial charge < -0.3 is 4.90 Å². The molecule has 4 aromatic carbocycles. The van der Waals surface area contributed by atoms with Crippen molar-refractivity contribution in [2.75, 3.05) is 11.2 Å². The number of hydrogen-bond donors (Lipinski definition) is 0. The van der Waals surface area contributed by atoms with Gasteiger partial charge in [0.15, 0.2) is 5.65 Å². The monoisotopic (exact) mass is 607 g/mol. The van der Waals surface area contributed by atoms with Gasteiger partial charge in [-0.2, -0.15) is 10.1 Å². The van der Waals surface area contributed by atoms with Crippen LogP contribution >= 0.6 is 11.6 Å². The molecule has 0 aliphatic heterocycles. The molecule has 0 saturated heterocycles. The number of hydrogen-bond acceptors (Lipinski definition) is 6. The zero-order chi connectivity index (χ0) is 30.0. The quantitative estimate of drug-likeness (QED) is 0.161. The molecule has 0 aliphatic rings. The van der Waals surface area contributed by atoms with Crippen LogP contribution in [0.1, 0.15) is 41.3 Å². The summed E-state index contributed by atoms with van der Waals surface area (Å²) in [5, 5.41) is 5.71. The molecule has 0 amide bonds. The molecule has 2 atom stereocenters. The summed E-state index contributed by atoms with van der Waals surface area (Å²) in [6.45, 7) is 2.53. The lowest BCUT2D eigenvalue weighted by Gasteiger charge is -2.39. The van der Waals surface area contributed by atoms with E-state index in [9.17, 15) is 8.42 Å². The van der Waals surface area contributed by atoms with Crippen molar-refractivity contribution in [2.45, 2.75) is 30.7 Å². The maximum absolute atomic E-state index is 13.0. The first-order valence-corrected chi connectivity index (χ1v) is 16.2. The van der Waals surface area contributed by atoms with E-state index in [4.69, 9.17) is 16.6 Å². The van der Waals surface area contributed by atoms with Crippen LogP contribution in [0, 0.1) is 0 Å². The predicted octanol–water partition coefficient (Wildman–Crippen LogP) is 7.29. The highest BCUT2D eigenvalue weighted by Gasteiger charge is 2.32. The summed E-state index contributed by atoms with van der Waals surface area (Å²) in [7, 11) is -3.78. The van der Waals surface area contributed by atoms with Crippen molar-refractivity contribution in [3.05, 3.63) is 149 Å². The van der Waals surface area contributed by atoms with Gasteiger partial charge in [0.05, 0.1) is 30.2 Å². The van der Waals surface area contributed by atoms with Gasteiger partial charge in [0.2, 0.25) is 9.84 Å². The third kappa shape index (κ3) is 6.02. The first-order valence-electron chi connectivity index (χ1n) is 13.9. The van der Waals surface area contributed by atoms with Crippen molar-refractivity contribution >= 4 is 38.3 Å². The smallest absolute Gasteiger partial charge is 0.250 e. The molecule has 0 spiro atoms. The molecular formula is C34H30ClN5O2S. The molecule has 0 bridgehead atoms. The molecule has 2 unspecified atom stereocenters. The van der Waals surface area contributed by atoms with E-state index in [1.807, 2.05) is 91.0 Å². The first-order chi connectivity index (χ1) is 20.8. The third-order valence-electron chi connectivity index (χ3n) is 7.49. The van der Waals surface area contributed by atoms with E-state index in [1.54, 1.807) is 10.9 Å². The minimum Gasteiger partial charge on any atom is -0.338 e. The van der Waals surface area contributed by atoms with Gasteiger partial charge in [-0.15, -0.1) is 0 Å². The Hall–Kier alpha value is -4.53. The van der Waals surface area contributed by atoms with E-state index in [0.717, 1.165) is 28.5 Å². The van der Waals surface area contributed by atoms with Crippen LogP contribution in [0.25, 0.3) is 11.0 Å². The Morgan fingerprint density at radius 3 is 1.93 bits per heavy atom. The SMILES string of the molecule is CC(c1ccccc1)N(c1nc(S(C)(=O)=O)nc2c1cnn2Cc1ccccc1)C(c1ccccc1)c1ccc(Cl)cc1. The molecule has 6 aromatic rings. The molecule has 2 heterocycles. The Morgan fingerprint density at radius 1 is 0.767 bits per heavy atom. The minimum atomic E-state index is -3.78. The van der Waals surface area contributed by atoms with E-state index < -0.39 is 9.84 Å². The van der Waals surface area contributed by atoms with E-state index >= 15 is 0 Å². The summed E-state index contributed by atoms with van der Waals surface area (Å²) in [5.74, 6) is 0.477. The number of aromatic nitrogens is 4. The summed E-state index contributed by atoms with van der Waals surface area (Å²) in [4.78, 5) is 11.5. The Balaban J connectivity index is 1.64. The predicted molar refractivity (Wildman–Crippen MR) is 171 cm³/mol. The minimum absolute atomic E-state index is 0.231. The highest BCUT2D eigenvalue weighted by Crippen LogP contribution is 2.42. The van der Waals surface area contributed by atoms with Gasteiger partial charge in [-0.3, -0.25) is 0 Å². The van der Waals surface area contributed by atoms with Crippen LogP contribution in [0.4, 0.5) is 5.82 Å². The highest BCUT2D eigenvalue weighted by atomic mass is 35.5. The molecule has 216 valence electrons. The number of halogens is 1. The molecule has 2 aromatic heterocycles. The second kappa shape index (κ2) is 12.0. The van der Waals surface area contributed by atoms with Crippen molar-refractivity contribution < 1.29 is 8.42 Å². The lowest BCUT2D eigenvalue weighted by Crippen LogP contribution is -2.33. The molecule has 43 heavy (non-hydrogen) atoms. The fourth-order valence-electron chi connectivity index (χ4n) is 5.37. The Morgan fingerprint density at radius 2 is 1.33 bits per heavy atom. The first kappa shape index (κ1) is 28.6. The van der Waals surface area contributed by atoms with Crippen molar-refractivity contribution in [1.29, 1.82) is 0 Å². The third-order valence-corrected chi connectivity index (χ3v) is 8.58. The summed E-state index contributed by atoms with van der Waals surface area (Å²) in [6.07, 6.45) is 2.86. The van der Waals surface area contributed by atoms with Gasteiger partial charge in [-0.1, -0.05) is 115 Å². The Labute approximate surface area is 256 Å². The van der Waals surface area contributed by atoms with Crippen LogP contribution in [0.15, 0.2) is 127 Å². The summed E-state index contributed by atoms with van der Waals surface area (Å²) in [5.41, 5.74) is 4.50. The average molecular weight is 608 g/mol. The zero-order valence-electron chi connectivity index (χ0n) is 23.7. The topological polar surface area (TPSA) is 81.0 Å². The molecule has 0 saturated carbocycles. The molecule has 0 N–H and O–H groups in total. The summed E-state index contributed by atoms with van der Waals surface area (Å²) in [6, 6.07) is 37.3. The van der Waals surface area contributed by atoms with Gasteiger partial charge >= 0.3 is 0 Å². The van der Waals surface area contributed by atoms with Crippen LogP contribution in [0.2, 0.25) is 5.02 Å². The molecular weight excluding hydrogens is 578 g/mol. The number of anilines is 1. The average Bonchev–Trinajstić information content (AvgIpc) is 3.43. The maximum Gasteiger partial charge on any atom is 0.250 e. The largest absolute Gasteiger partial charge is 0.338 e. The normalized spacial score (nSPS) is 13.1. The van der Waals surface area contributed by atoms with Crippen molar-refractivity contribution in [3.63, 3.8) is 0 Å². The van der Waals surface area contributed by atoms with Gasteiger partial charge in [0.25, 0.3) is 5.16 Å².